The van der Waals surface area contributed by atoms with Crippen molar-refractivity contribution in [1.82, 2.24) is 9.97 Å². The van der Waals surface area contributed by atoms with Crippen LogP contribution in [0.2, 0.25) is 5.02 Å². The highest BCUT2D eigenvalue weighted by Crippen LogP contribution is 2.25. The molecule has 17 heavy (non-hydrogen) atoms. The smallest absolute Gasteiger partial charge is 0.163 e. The zero-order chi connectivity index (χ0) is 12.6. The van der Waals surface area contributed by atoms with Crippen molar-refractivity contribution in [3.8, 4) is 11.4 Å². The molecule has 0 radical (unpaired) electrons. The molecule has 5 heteroatoms. The minimum atomic E-state index is -0.423. The third kappa shape index (κ3) is 2.48. The molecule has 2 rings (SSSR count). The van der Waals surface area contributed by atoms with Crippen LogP contribution < -0.4 is 0 Å². The number of benzene rings is 1. The van der Waals surface area contributed by atoms with Crippen molar-refractivity contribution < 1.29 is 4.39 Å². The Hall–Kier alpha value is -1.00. The van der Waals surface area contributed by atoms with E-state index in [0.717, 1.165) is 11.3 Å². The van der Waals surface area contributed by atoms with Crippen molar-refractivity contribution in [2.24, 2.45) is 0 Å². The molecule has 0 aliphatic rings. The maximum absolute atomic E-state index is 13.7. The minimum Gasteiger partial charge on any atom is -0.233 e. The fourth-order valence-corrected chi connectivity index (χ4v) is 2.00. The van der Waals surface area contributed by atoms with Crippen LogP contribution in [0.25, 0.3) is 11.4 Å². The molecule has 0 saturated heterocycles. The first kappa shape index (κ1) is 12.5. The largest absolute Gasteiger partial charge is 0.233 e. The predicted molar refractivity (Wildman–Crippen MR) is 69.6 cm³/mol. The molecule has 0 saturated carbocycles. The predicted octanol–water partition coefficient (Wildman–Crippen LogP) is 4.32. The number of rotatable bonds is 1. The van der Waals surface area contributed by atoms with Gasteiger partial charge in [-0.15, -0.1) is 0 Å². The van der Waals surface area contributed by atoms with E-state index in [1.54, 1.807) is 12.1 Å². The van der Waals surface area contributed by atoms with Gasteiger partial charge in [-0.1, -0.05) is 11.6 Å². The monoisotopic (exact) mass is 314 g/mol. The Balaban J connectivity index is 2.61. The third-order valence-corrected chi connectivity index (χ3v) is 3.51. The van der Waals surface area contributed by atoms with E-state index < -0.39 is 5.82 Å². The van der Waals surface area contributed by atoms with Gasteiger partial charge in [-0.2, -0.15) is 0 Å². The number of aryl methyl sites for hydroxylation is 1. The van der Waals surface area contributed by atoms with Crippen LogP contribution >= 0.6 is 27.5 Å². The van der Waals surface area contributed by atoms with Gasteiger partial charge in [-0.05, 0) is 48.0 Å². The van der Waals surface area contributed by atoms with Gasteiger partial charge in [0.25, 0.3) is 0 Å². The molecular weight excluding hydrogens is 307 g/mol. The molecule has 0 fully saturated rings. The summed E-state index contributed by atoms with van der Waals surface area (Å²) in [5, 5.41) is 0.356. The number of halogens is 3. The Morgan fingerprint density at radius 3 is 2.53 bits per heavy atom. The van der Waals surface area contributed by atoms with Crippen LogP contribution in [-0.4, -0.2) is 9.97 Å². The molecule has 1 aromatic heterocycles. The highest BCUT2D eigenvalue weighted by molar-refractivity contribution is 9.10. The van der Waals surface area contributed by atoms with Gasteiger partial charge in [0.05, 0.1) is 5.56 Å². The van der Waals surface area contributed by atoms with E-state index in [0.29, 0.717) is 21.0 Å². The average Bonchev–Trinajstić information content (AvgIpc) is 2.25. The lowest BCUT2D eigenvalue weighted by molar-refractivity contribution is 0.630. The van der Waals surface area contributed by atoms with Crippen LogP contribution in [0.1, 0.15) is 11.3 Å². The number of hydrogen-bond acceptors (Lipinski definition) is 2. The highest BCUT2D eigenvalue weighted by atomic mass is 79.9. The molecule has 0 unspecified atom stereocenters. The molecule has 2 nitrogen and oxygen atoms in total. The van der Waals surface area contributed by atoms with E-state index >= 15 is 0 Å². The molecule has 0 amide bonds. The summed E-state index contributed by atoms with van der Waals surface area (Å²) in [4.78, 5) is 8.49. The van der Waals surface area contributed by atoms with E-state index in [4.69, 9.17) is 11.6 Å². The van der Waals surface area contributed by atoms with Gasteiger partial charge in [0.2, 0.25) is 0 Å². The van der Waals surface area contributed by atoms with Crippen LogP contribution in [0.15, 0.2) is 22.8 Å². The molecule has 0 aliphatic heterocycles. The molecule has 0 spiro atoms. The van der Waals surface area contributed by atoms with Crippen LogP contribution in [0, 0.1) is 19.7 Å². The first-order chi connectivity index (χ1) is 7.99. The summed E-state index contributed by atoms with van der Waals surface area (Å²) in [6.07, 6.45) is 0. The fraction of sp³-hybridized carbons (Fsp3) is 0.167. The summed E-state index contributed by atoms with van der Waals surface area (Å²) in [5.74, 6) is -0.0678. The molecule has 0 N–H and O–H groups in total. The molecule has 0 aliphatic carbocycles. The molecule has 1 heterocycles. The number of hydrogen-bond donors (Lipinski definition) is 0. The van der Waals surface area contributed by atoms with Crippen molar-refractivity contribution in [3.05, 3.63) is 44.9 Å². The average molecular weight is 316 g/mol. The van der Waals surface area contributed by atoms with Crippen LogP contribution in [-0.2, 0) is 0 Å². The Labute approximate surface area is 112 Å². The second-order valence-electron chi connectivity index (χ2n) is 3.67. The SMILES string of the molecule is Cc1nc(-c2ccc(Cl)cc2F)nc(Br)c1C. The molecule has 88 valence electrons. The fourth-order valence-electron chi connectivity index (χ4n) is 1.39. The summed E-state index contributed by atoms with van der Waals surface area (Å²) in [6, 6.07) is 4.45. The Bertz CT molecular complexity index is 564. The van der Waals surface area contributed by atoms with Gasteiger partial charge in [-0.25, -0.2) is 14.4 Å². The second kappa shape index (κ2) is 4.70. The van der Waals surface area contributed by atoms with Crippen LogP contribution in [0.5, 0.6) is 0 Å². The zero-order valence-electron chi connectivity index (χ0n) is 9.26. The van der Waals surface area contributed by atoms with Crippen LogP contribution in [0.4, 0.5) is 4.39 Å². The normalized spacial score (nSPS) is 10.6. The van der Waals surface area contributed by atoms with Gasteiger partial charge in [0, 0.05) is 16.3 Å². The van der Waals surface area contributed by atoms with Crippen molar-refractivity contribution >= 4 is 27.5 Å². The van der Waals surface area contributed by atoms with Gasteiger partial charge >= 0.3 is 0 Å². The maximum Gasteiger partial charge on any atom is 0.163 e. The van der Waals surface area contributed by atoms with Crippen molar-refractivity contribution in [1.29, 1.82) is 0 Å². The van der Waals surface area contributed by atoms with E-state index in [2.05, 4.69) is 25.9 Å². The lowest BCUT2D eigenvalue weighted by Gasteiger charge is -2.07. The quantitative estimate of drug-likeness (QED) is 0.733. The van der Waals surface area contributed by atoms with Gasteiger partial charge in [0.1, 0.15) is 10.4 Å². The summed E-state index contributed by atoms with van der Waals surface area (Å²) < 4.78 is 14.4. The molecule has 0 bridgehead atoms. The van der Waals surface area contributed by atoms with Crippen molar-refractivity contribution in [3.63, 3.8) is 0 Å². The van der Waals surface area contributed by atoms with Crippen molar-refractivity contribution in [2.45, 2.75) is 13.8 Å². The van der Waals surface area contributed by atoms with Crippen LogP contribution in [0.3, 0.4) is 0 Å². The van der Waals surface area contributed by atoms with E-state index in [9.17, 15) is 4.39 Å². The third-order valence-electron chi connectivity index (χ3n) is 2.50. The van der Waals surface area contributed by atoms with E-state index in [1.165, 1.54) is 6.07 Å². The number of aromatic nitrogens is 2. The molecule has 1 aromatic carbocycles. The zero-order valence-corrected chi connectivity index (χ0v) is 11.6. The molecular formula is C12H9BrClFN2. The Kier molecular flexibility index (Phi) is 3.45. The van der Waals surface area contributed by atoms with E-state index in [-0.39, 0.29) is 0 Å². The van der Waals surface area contributed by atoms with Gasteiger partial charge < -0.3 is 0 Å². The number of nitrogens with zero attached hydrogens (tertiary/aromatic N) is 2. The van der Waals surface area contributed by atoms with Gasteiger partial charge in [0.15, 0.2) is 5.82 Å². The summed E-state index contributed by atoms with van der Waals surface area (Å²) in [5.41, 5.74) is 2.11. The molecule has 2 aromatic rings. The second-order valence-corrected chi connectivity index (χ2v) is 4.86. The highest BCUT2D eigenvalue weighted by Gasteiger charge is 2.11. The first-order valence-corrected chi connectivity index (χ1v) is 6.12. The lowest BCUT2D eigenvalue weighted by Crippen LogP contribution is -1.98. The van der Waals surface area contributed by atoms with Crippen molar-refractivity contribution in [2.75, 3.05) is 0 Å². The van der Waals surface area contributed by atoms with Gasteiger partial charge in [-0.3, -0.25) is 0 Å². The Morgan fingerprint density at radius 2 is 1.94 bits per heavy atom. The Morgan fingerprint density at radius 1 is 1.24 bits per heavy atom. The lowest BCUT2D eigenvalue weighted by atomic mass is 10.2. The van der Waals surface area contributed by atoms with E-state index in [1.807, 2.05) is 13.8 Å². The summed E-state index contributed by atoms with van der Waals surface area (Å²) >= 11 is 9.04. The standard InChI is InChI=1S/C12H9BrClFN2/c1-6-7(2)16-12(17-11(6)13)9-4-3-8(14)5-10(9)15/h3-5H,1-2H3. The maximum atomic E-state index is 13.7. The topological polar surface area (TPSA) is 25.8 Å². The summed E-state index contributed by atoms with van der Waals surface area (Å²) in [7, 11) is 0. The molecule has 0 atom stereocenters. The summed E-state index contributed by atoms with van der Waals surface area (Å²) in [6.45, 7) is 3.76. The minimum absolute atomic E-state index is 0.346. The first-order valence-electron chi connectivity index (χ1n) is 4.95.